The number of para-hydroxylation sites is 1. The summed E-state index contributed by atoms with van der Waals surface area (Å²) < 4.78 is 6.04. The average Bonchev–Trinajstić information content (AvgIpc) is 2.78. The lowest BCUT2D eigenvalue weighted by Crippen LogP contribution is -2.48. The first-order chi connectivity index (χ1) is 14.6. The number of rotatable bonds is 5. The van der Waals surface area contributed by atoms with Crippen molar-refractivity contribution in [2.24, 2.45) is 0 Å². The van der Waals surface area contributed by atoms with E-state index in [-0.39, 0.29) is 5.91 Å². The summed E-state index contributed by atoms with van der Waals surface area (Å²) in [7, 11) is 0. The molecule has 4 nitrogen and oxygen atoms in total. The van der Waals surface area contributed by atoms with Gasteiger partial charge in [-0.3, -0.25) is 4.79 Å². The zero-order chi connectivity index (χ0) is 20.9. The van der Waals surface area contributed by atoms with Crippen molar-refractivity contribution in [1.29, 1.82) is 0 Å². The van der Waals surface area contributed by atoms with Crippen molar-refractivity contribution in [2.45, 2.75) is 20.5 Å². The van der Waals surface area contributed by atoms with Crippen LogP contribution in [0.5, 0.6) is 5.75 Å². The molecule has 0 aromatic heterocycles. The van der Waals surface area contributed by atoms with Crippen molar-refractivity contribution in [1.82, 2.24) is 4.90 Å². The Balaban J connectivity index is 1.41. The van der Waals surface area contributed by atoms with Crippen LogP contribution in [0, 0.1) is 13.8 Å². The van der Waals surface area contributed by atoms with Gasteiger partial charge in [0.25, 0.3) is 5.91 Å². The van der Waals surface area contributed by atoms with Gasteiger partial charge in [-0.1, -0.05) is 54.1 Å². The molecule has 0 atom stereocenters. The van der Waals surface area contributed by atoms with Crippen molar-refractivity contribution in [2.75, 3.05) is 31.1 Å². The highest BCUT2D eigenvalue weighted by molar-refractivity contribution is 5.97. The number of nitrogens with zero attached hydrogens (tertiary/aromatic N) is 2. The van der Waals surface area contributed by atoms with Crippen LogP contribution in [-0.2, 0) is 6.61 Å². The number of anilines is 1. The van der Waals surface area contributed by atoms with Crippen molar-refractivity contribution >= 4 is 11.6 Å². The summed E-state index contributed by atoms with van der Waals surface area (Å²) in [5.74, 6) is 0.684. The van der Waals surface area contributed by atoms with Gasteiger partial charge in [0.15, 0.2) is 0 Å². The zero-order valence-electron chi connectivity index (χ0n) is 17.7. The van der Waals surface area contributed by atoms with Crippen LogP contribution in [0.2, 0.25) is 0 Å². The van der Waals surface area contributed by atoms with Crippen LogP contribution in [0.1, 0.15) is 27.0 Å². The monoisotopic (exact) mass is 400 g/mol. The second-order valence-electron chi connectivity index (χ2n) is 7.89. The third kappa shape index (κ3) is 4.65. The maximum Gasteiger partial charge on any atom is 0.257 e. The first kappa shape index (κ1) is 20.0. The minimum Gasteiger partial charge on any atom is -0.488 e. The van der Waals surface area contributed by atoms with E-state index in [1.165, 1.54) is 16.8 Å². The molecular weight excluding hydrogens is 372 g/mol. The highest BCUT2D eigenvalue weighted by Gasteiger charge is 2.24. The number of hydrogen-bond acceptors (Lipinski definition) is 3. The van der Waals surface area contributed by atoms with E-state index in [1.54, 1.807) is 0 Å². The second-order valence-corrected chi connectivity index (χ2v) is 7.89. The topological polar surface area (TPSA) is 32.8 Å². The molecule has 3 aromatic carbocycles. The Labute approximate surface area is 178 Å². The van der Waals surface area contributed by atoms with Crippen molar-refractivity contribution in [3.05, 3.63) is 95.1 Å². The number of piperazine rings is 1. The lowest BCUT2D eigenvalue weighted by atomic mass is 10.1. The third-order valence-electron chi connectivity index (χ3n) is 5.53. The van der Waals surface area contributed by atoms with Gasteiger partial charge in [-0.15, -0.1) is 0 Å². The maximum absolute atomic E-state index is 13.2. The summed E-state index contributed by atoms with van der Waals surface area (Å²) in [5.41, 5.74) is 5.42. The van der Waals surface area contributed by atoms with E-state index in [0.29, 0.717) is 31.0 Å². The van der Waals surface area contributed by atoms with Gasteiger partial charge in [0.1, 0.15) is 12.4 Å². The molecule has 154 valence electrons. The Kier molecular flexibility index (Phi) is 6.03. The number of benzene rings is 3. The van der Waals surface area contributed by atoms with Crippen LogP contribution in [0.15, 0.2) is 72.8 Å². The van der Waals surface area contributed by atoms with E-state index in [9.17, 15) is 4.79 Å². The molecule has 1 saturated heterocycles. The lowest BCUT2D eigenvalue weighted by Gasteiger charge is -2.36. The fourth-order valence-corrected chi connectivity index (χ4v) is 3.89. The SMILES string of the molecule is Cc1cccc(COc2ccccc2C(=O)N2CCN(c3cccc(C)c3)CC2)c1. The maximum atomic E-state index is 13.2. The van der Waals surface area contributed by atoms with Gasteiger partial charge < -0.3 is 14.5 Å². The molecule has 0 radical (unpaired) electrons. The summed E-state index contributed by atoms with van der Waals surface area (Å²) in [4.78, 5) is 17.5. The zero-order valence-corrected chi connectivity index (χ0v) is 17.7. The number of aryl methyl sites for hydroxylation is 2. The van der Waals surface area contributed by atoms with Crippen LogP contribution in [0.25, 0.3) is 0 Å². The van der Waals surface area contributed by atoms with Gasteiger partial charge in [0.05, 0.1) is 5.56 Å². The molecule has 1 amide bonds. The van der Waals surface area contributed by atoms with Gasteiger partial charge in [0, 0.05) is 31.9 Å². The molecule has 0 bridgehead atoms. The first-order valence-electron chi connectivity index (χ1n) is 10.5. The van der Waals surface area contributed by atoms with Gasteiger partial charge in [0.2, 0.25) is 0 Å². The standard InChI is InChI=1S/C26H28N2O2/c1-20-7-5-9-22(17-20)19-30-25-12-4-3-11-24(25)26(29)28-15-13-27(14-16-28)23-10-6-8-21(2)18-23/h3-12,17-18H,13-16,19H2,1-2H3. The molecule has 0 aliphatic carbocycles. The highest BCUT2D eigenvalue weighted by Crippen LogP contribution is 2.23. The molecule has 0 unspecified atom stereocenters. The molecule has 1 aliphatic rings. The predicted molar refractivity (Wildman–Crippen MR) is 121 cm³/mol. The number of amides is 1. The molecule has 30 heavy (non-hydrogen) atoms. The summed E-state index contributed by atoms with van der Waals surface area (Å²) in [6.07, 6.45) is 0. The molecule has 0 spiro atoms. The Morgan fingerprint density at radius 1 is 0.833 bits per heavy atom. The smallest absolute Gasteiger partial charge is 0.257 e. The molecule has 3 aromatic rings. The molecule has 0 N–H and O–H groups in total. The second kappa shape index (κ2) is 9.04. The summed E-state index contributed by atoms with van der Waals surface area (Å²) in [6, 6.07) is 24.3. The number of ether oxygens (including phenoxy) is 1. The van der Waals surface area contributed by atoms with E-state index in [1.807, 2.05) is 41.3 Å². The number of carbonyl (C=O) groups is 1. The Hall–Kier alpha value is -3.27. The molecule has 1 heterocycles. The van der Waals surface area contributed by atoms with Crippen molar-refractivity contribution in [3.8, 4) is 5.75 Å². The van der Waals surface area contributed by atoms with Crippen LogP contribution in [0.4, 0.5) is 5.69 Å². The lowest BCUT2D eigenvalue weighted by molar-refractivity contribution is 0.0742. The van der Waals surface area contributed by atoms with Crippen LogP contribution in [0.3, 0.4) is 0 Å². The minimum absolute atomic E-state index is 0.0405. The van der Waals surface area contributed by atoms with Crippen LogP contribution >= 0.6 is 0 Å². The highest BCUT2D eigenvalue weighted by atomic mass is 16.5. The van der Waals surface area contributed by atoms with E-state index >= 15 is 0 Å². The largest absolute Gasteiger partial charge is 0.488 e. The summed E-state index contributed by atoms with van der Waals surface area (Å²) in [5, 5.41) is 0. The van der Waals surface area contributed by atoms with E-state index in [0.717, 1.165) is 18.7 Å². The molecular formula is C26H28N2O2. The normalized spacial score (nSPS) is 13.9. The summed E-state index contributed by atoms with van der Waals surface area (Å²) in [6.45, 7) is 7.71. The number of hydrogen-bond donors (Lipinski definition) is 0. The van der Waals surface area contributed by atoms with Crippen molar-refractivity contribution in [3.63, 3.8) is 0 Å². The fourth-order valence-electron chi connectivity index (χ4n) is 3.89. The van der Waals surface area contributed by atoms with E-state index in [2.05, 4.69) is 55.1 Å². The molecule has 0 saturated carbocycles. The fraction of sp³-hybridized carbons (Fsp3) is 0.269. The minimum atomic E-state index is 0.0405. The first-order valence-corrected chi connectivity index (χ1v) is 10.5. The van der Waals surface area contributed by atoms with Crippen LogP contribution < -0.4 is 9.64 Å². The summed E-state index contributed by atoms with van der Waals surface area (Å²) >= 11 is 0. The van der Waals surface area contributed by atoms with Gasteiger partial charge in [-0.05, 0) is 49.2 Å². The predicted octanol–water partition coefficient (Wildman–Crippen LogP) is 4.84. The van der Waals surface area contributed by atoms with Crippen molar-refractivity contribution < 1.29 is 9.53 Å². The Bertz CT molecular complexity index is 1020. The van der Waals surface area contributed by atoms with Gasteiger partial charge >= 0.3 is 0 Å². The van der Waals surface area contributed by atoms with E-state index < -0.39 is 0 Å². The Morgan fingerprint density at radius 2 is 1.53 bits per heavy atom. The molecule has 1 aliphatic heterocycles. The van der Waals surface area contributed by atoms with Crippen LogP contribution in [-0.4, -0.2) is 37.0 Å². The quantitative estimate of drug-likeness (QED) is 0.614. The number of carbonyl (C=O) groups excluding carboxylic acids is 1. The molecule has 1 fully saturated rings. The molecule has 4 heteroatoms. The average molecular weight is 401 g/mol. The Morgan fingerprint density at radius 3 is 2.27 bits per heavy atom. The third-order valence-corrected chi connectivity index (χ3v) is 5.53. The van der Waals surface area contributed by atoms with Gasteiger partial charge in [-0.2, -0.15) is 0 Å². The van der Waals surface area contributed by atoms with E-state index in [4.69, 9.17) is 4.74 Å². The molecule has 4 rings (SSSR count). The van der Waals surface area contributed by atoms with Gasteiger partial charge in [-0.25, -0.2) is 0 Å².